The summed E-state index contributed by atoms with van der Waals surface area (Å²) in [6.07, 6.45) is 6.34. The average Bonchev–Trinajstić information content (AvgIpc) is 2.40. The Hall–Kier alpha value is -0.770. The Bertz CT molecular complexity index is 512. The summed E-state index contributed by atoms with van der Waals surface area (Å²) < 4.78 is 0. The molecule has 96 valence electrons. The lowest BCUT2D eigenvalue weighted by atomic mass is 10.2. The van der Waals surface area contributed by atoms with Gasteiger partial charge in [0.2, 0.25) is 0 Å². The number of nitrogens with zero attached hydrogens (tertiary/aromatic N) is 1. The molecule has 0 amide bonds. The molecule has 0 unspecified atom stereocenters. The van der Waals surface area contributed by atoms with Crippen LogP contribution in [-0.4, -0.2) is 23.3 Å². The molecule has 0 bridgehead atoms. The normalized spacial score (nSPS) is 16.4. The number of nitrogens with one attached hydrogen (secondary N) is 1. The van der Waals surface area contributed by atoms with Gasteiger partial charge in [-0.3, -0.25) is 4.98 Å². The molecule has 18 heavy (non-hydrogen) atoms. The Morgan fingerprint density at radius 1 is 1.11 bits per heavy atom. The highest BCUT2D eigenvalue weighted by molar-refractivity contribution is 8.00. The lowest BCUT2D eigenvalue weighted by Crippen LogP contribution is -2.29. The fraction of sp³-hybridized carbons (Fsp3) is 0.357. The van der Waals surface area contributed by atoms with Gasteiger partial charge in [0.1, 0.15) is 0 Å². The first-order valence-corrected chi connectivity index (χ1v) is 7.01. The topological polar surface area (TPSA) is 24.9 Å². The summed E-state index contributed by atoms with van der Waals surface area (Å²) in [7, 11) is 0. The van der Waals surface area contributed by atoms with Crippen LogP contribution in [0.5, 0.6) is 0 Å². The van der Waals surface area contributed by atoms with E-state index in [1.807, 2.05) is 24.2 Å². The highest BCUT2D eigenvalue weighted by atomic mass is 35.5. The Morgan fingerprint density at radius 3 is 2.78 bits per heavy atom. The number of aromatic nitrogens is 1. The van der Waals surface area contributed by atoms with Crippen LogP contribution in [-0.2, 0) is 0 Å². The van der Waals surface area contributed by atoms with E-state index in [-0.39, 0.29) is 12.4 Å². The monoisotopic (exact) mass is 280 g/mol. The van der Waals surface area contributed by atoms with Crippen LogP contribution in [0, 0.1) is 0 Å². The van der Waals surface area contributed by atoms with Gasteiger partial charge in [0.25, 0.3) is 0 Å². The second kappa shape index (κ2) is 6.41. The molecule has 0 radical (unpaired) electrons. The van der Waals surface area contributed by atoms with Crippen LogP contribution < -0.4 is 5.32 Å². The Morgan fingerprint density at radius 2 is 1.94 bits per heavy atom. The molecule has 1 aliphatic heterocycles. The molecular formula is C14H17ClN2S. The van der Waals surface area contributed by atoms with Crippen molar-refractivity contribution in [3.05, 3.63) is 36.7 Å². The van der Waals surface area contributed by atoms with E-state index in [1.54, 1.807) is 0 Å². The summed E-state index contributed by atoms with van der Waals surface area (Å²) in [4.78, 5) is 5.55. The summed E-state index contributed by atoms with van der Waals surface area (Å²) in [6, 6.07) is 8.75. The Labute approximate surface area is 118 Å². The molecule has 4 heteroatoms. The minimum atomic E-state index is 0. The SMILES string of the molecule is Cl.c1cc2ccc(SC3CCNCC3)cc2cn1. The number of thioether (sulfide) groups is 1. The molecule has 1 fully saturated rings. The van der Waals surface area contributed by atoms with Gasteiger partial charge in [-0.15, -0.1) is 24.2 Å². The number of hydrogen-bond acceptors (Lipinski definition) is 3. The zero-order valence-corrected chi connectivity index (χ0v) is 11.8. The molecular weight excluding hydrogens is 264 g/mol. The van der Waals surface area contributed by atoms with Crippen LogP contribution in [0.4, 0.5) is 0 Å². The fourth-order valence-electron chi connectivity index (χ4n) is 2.24. The molecule has 0 atom stereocenters. The predicted molar refractivity (Wildman–Crippen MR) is 80.7 cm³/mol. The van der Waals surface area contributed by atoms with E-state index in [1.165, 1.54) is 28.5 Å². The summed E-state index contributed by atoms with van der Waals surface area (Å²) in [5.74, 6) is 0. The lowest BCUT2D eigenvalue weighted by molar-refractivity contribution is 0.531. The average molecular weight is 281 g/mol. The van der Waals surface area contributed by atoms with E-state index in [4.69, 9.17) is 0 Å². The standard InChI is InChI=1S/C14H16N2S.ClH/c1-2-14(17-13-4-7-15-8-5-13)9-12-10-16-6-3-11(1)12;/h1-3,6,9-10,13,15H,4-5,7-8H2;1H. The predicted octanol–water partition coefficient (Wildman–Crippen LogP) is 3.50. The maximum atomic E-state index is 4.18. The number of benzene rings is 1. The summed E-state index contributed by atoms with van der Waals surface area (Å²) in [5.41, 5.74) is 0. The van der Waals surface area contributed by atoms with Crippen LogP contribution in [0.3, 0.4) is 0 Å². The Balaban J connectivity index is 0.00000120. The number of halogens is 1. The molecule has 2 aromatic rings. The van der Waals surface area contributed by atoms with E-state index in [9.17, 15) is 0 Å². The van der Waals surface area contributed by atoms with E-state index in [0.717, 1.165) is 18.3 Å². The van der Waals surface area contributed by atoms with Gasteiger partial charge in [0.15, 0.2) is 0 Å². The molecule has 2 nitrogen and oxygen atoms in total. The highest BCUT2D eigenvalue weighted by Gasteiger charge is 2.14. The van der Waals surface area contributed by atoms with Crippen molar-refractivity contribution in [2.45, 2.75) is 23.0 Å². The quantitative estimate of drug-likeness (QED) is 0.911. The van der Waals surface area contributed by atoms with E-state index in [2.05, 4.69) is 34.6 Å². The molecule has 2 heterocycles. The van der Waals surface area contributed by atoms with Crippen molar-refractivity contribution < 1.29 is 0 Å². The summed E-state index contributed by atoms with van der Waals surface area (Å²) >= 11 is 2.01. The first-order valence-electron chi connectivity index (χ1n) is 6.13. The first kappa shape index (κ1) is 13.7. The van der Waals surface area contributed by atoms with Crippen molar-refractivity contribution in [2.24, 2.45) is 0 Å². The van der Waals surface area contributed by atoms with Gasteiger partial charge in [-0.25, -0.2) is 0 Å². The van der Waals surface area contributed by atoms with Gasteiger partial charge < -0.3 is 5.32 Å². The molecule has 3 rings (SSSR count). The van der Waals surface area contributed by atoms with E-state index in [0.29, 0.717) is 0 Å². The Kier molecular flexibility index (Phi) is 4.87. The van der Waals surface area contributed by atoms with Crippen molar-refractivity contribution in [1.29, 1.82) is 0 Å². The zero-order chi connectivity index (χ0) is 11.5. The van der Waals surface area contributed by atoms with Gasteiger partial charge in [-0.05, 0) is 49.5 Å². The zero-order valence-electron chi connectivity index (χ0n) is 10.1. The third-order valence-electron chi connectivity index (χ3n) is 3.20. The van der Waals surface area contributed by atoms with E-state index >= 15 is 0 Å². The smallest absolute Gasteiger partial charge is 0.0346 e. The minimum absolute atomic E-state index is 0. The number of piperidine rings is 1. The first-order chi connectivity index (χ1) is 8.42. The number of pyridine rings is 1. The van der Waals surface area contributed by atoms with Crippen LogP contribution >= 0.6 is 24.2 Å². The van der Waals surface area contributed by atoms with Crippen LogP contribution in [0.15, 0.2) is 41.6 Å². The minimum Gasteiger partial charge on any atom is -0.317 e. The number of fused-ring (bicyclic) bond motifs is 1. The molecule has 1 aromatic heterocycles. The molecule has 1 aliphatic rings. The summed E-state index contributed by atoms with van der Waals surface area (Å²) in [6.45, 7) is 2.32. The van der Waals surface area contributed by atoms with Gasteiger partial charge in [0.05, 0.1) is 0 Å². The molecule has 1 aromatic carbocycles. The van der Waals surface area contributed by atoms with Crippen LogP contribution in [0.1, 0.15) is 12.8 Å². The molecule has 0 aliphatic carbocycles. The molecule has 1 saturated heterocycles. The molecule has 1 N–H and O–H groups in total. The number of hydrogen-bond donors (Lipinski definition) is 1. The van der Waals surface area contributed by atoms with Crippen molar-refractivity contribution in [2.75, 3.05) is 13.1 Å². The largest absolute Gasteiger partial charge is 0.317 e. The van der Waals surface area contributed by atoms with Crippen LogP contribution in [0.2, 0.25) is 0 Å². The third-order valence-corrected chi connectivity index (χ3v) is 4.53. The molecule has 0 saturated carbocycles. The van der Waals surface area contributed by atoms with Gasteiger partial charge in [0, 0.05) is 27.9 Å². The lowest BCUT2D eigenvalue weighted by Gasteiger charge is -2.22. The maximum Gasteiger partial charge on any atom is 0.0346 e. The van der Waals surface area contributed by atoms with Gasteiger partial charge in [-0.1, -0.05) is 6.07 Å². The van der Waals surface area contributed by atoms with Crippen molar-refractivity contribution >= 4 is 34.9 Å². The second-order valence-corrected chi connectivity index (χ2v) is 5.83. The summed E-state index contributed by atoms with van der Waals surface area (Å²) in [5, 5.41) is 6.69. The number of rotatable bonds is 2. The van der Waals surface area contributed by atoms with Gasteiger partial charge >= 0.3 is 0 Å². The molecule has 0 spiro atoms. The third kappa shape index (κ3) is 3.16. The second-order valence-electron chi connectivity index (χ2n) is 4.45. The fourth-order valence-corrected chi connectivity index (χ4v) is 3.44. The highest BCUT2D eigenvalue weighted by Crippen LogP contribution is 2.30. The van der Waals surface area contributed by atoms with Crippen molar-refractivity contribution in [3.63, 3.8) is 0 Å². The maximum absolute atomic E-state index is 4.18. The van der Waals surface area contributed by atoms with Gasteiger partial charge in [-0.2, -0.15) is 0 Å². The van der Waals surface area contributed by atoms with Crippen molar-refractivity contribution in [1.82, 2.24) is 10.3 Å². The van der Waals surface area contributed by atoms with E-state index < -0.39 is 0 Å². The van der Waals surface area contributed by atoms with Crippen LogP contribution in [0.25, 0.3) is 10.8 Å². The van der Waals surface area contributed by atoms with Crippen molar-refractivity contribution in [3.8, 4) is 0 Å².